The quantitative estimate of drug-likeness (QED) is 0.689. The smallest absolute Gasteiger partial charge is 0.121 e. The number of ether oxygens (including phenoxy) is 1. The Morgan fingerprint density at radius 3 is 2.67 bits per heavy atom. The van der Waals surface area contributed by atoms with E-state index in [1.165, 1.54) is 16.6 Å². The molecule has 126 valence electrons. The van der Waals surface area contributed by atoms with E-state index < -0.39 is 0 Å². The minimum atomic E-state index is 0.596. The molecule has 1 aromatic heterocycles. The largest absolute Gasteiger partial charge is 0.492 e. The third-order valence-electron chi connectivity index (χ3n) is 4.36. The van der Waals surface area contributed by atoms with Gasteiger partial charge in [0.25, 0.3) is 0 Å². The minimum absolute atomic E-state index is 0.596. The minimum Gasteiger partial charge on any atom is -0.492 e. The van der Waals surface area contributed by atoms with Gasteiger partial charge in [-0.3, -0.25) is 0 Å². The van der Waals surface area contributed by atoms with Gasteiger partial charge < -0.3 is 15.0 Å². The van der Waals surface area contributed by atoms with Crippen molar-refractivity contribution in [2.45, 2.75) is 40.2 Å². The van der Waals surface area contributed by atoms with Gasteiger partial charge in [-0.15, -0.1) is 0 Å². The fourth-order valence-electron chi connectivity index (χ4n) is 2.95. The Labute approximate surface area is 143 Å². The predicted octanol–water partition coefficient (Wildman–Crippen LogP) is 4.27. The van der Waals surface area contributed by atoms with E-state index in [1.807, 2.05) is 24.3 Å². The van der Waals surface area contributed by atoms with Crippen molar-refractivity contribution >= 4 is 16.7 Å². The number of anilines is 1. The van der Waals surface area contributed by atoms with Crippen LogP contribution in [-0.2, 0) is 13.0 Å². The van der Waals surface area contributed by atoms with Crippen LogP contribution in [0.1, 0.15) is 30.3 Å². The van der Waals surface area contributed by atoms with Crippen LogP contribution < -0.4 is 10.5 Å². The summed E-state index contributed by atoms with van der Waals surface area (Å²) in [7, 11) is 0. The van der Waals surface area contributed by atoms with Gasteiger partial charge in [0.15, 0.2) is 0 Å². The van der Waals surface area contributed by atoms with Gasteiger partial charge in [0.05, 0.1) is 17.6 Å². The Balaban J connectivity index is 1.84. The van der Waals surface area contributed by atoms with Gasteiger partial charge in [-0.2, -0.15) is 0 Å². The van der Waals surface area contributed by atoms with Gasteiger partial charge in [-0.1, -0.05) is 13.0 Å². The van der Waals surface area contributed by atoms with Crippen molar-refractivity contribution in [2.24, 2.45) is 0 Å². The van der Waals surface area contributed by atoms with Gasteiger partial charge in [0, 0.05) is 18.2 Å². The highest BCUT2D eigenvalue weighted by atomic mass is 16.5. The van der Waals surface area contributed by atoms with Crippen LogP contribution in [0.2, 0.25) is 0 Å². The van der Waals surface area contributed by atoms with Crippen LogP contribution in [0.25, 0.3) is 11.0 Å². The number of fused-ring (bicyclic) bond motifs is 1. The third kappa shape index (κ3) is 3.37. The topological polar surface area (TPSA) is 53.1 Å². The highest BCUT2D eigenvalue weighted by molar-refractivity contribution is 5.78. The first-order valence-corrected chi connectivity index (χ1v) is 8.53. The van der Waals surface area contributed by atoms with Crippen molar-refractivity contribution in [3.8, 4) is 5.75 Å². The molecular weight excluding hydrogens is 298 g/mol. The van der Waals surface area contributed by atoms with Gasteiger partial charge >= 0.3 is 0 Å². The molecule has 4 nitrogen and oxygen atoms in total. The van der Waals surface area contributed by atoms with Crippen LogP contribution in [0, 0.1) is 13.8 Å². The summed E-state index contributed by atoms with van der Waals surface area (Å²) in [5.41, 5.74) is 11.4. The second kappa shape index (κ2) is 6.95. The van der Waals surface area contributed by atoms with Crippen molar-refractivity contribution in [1.29, 1.82) is 0 Å². The Hall–Kier alpha value is -2.49. The highest BCUT2D eigenvalue weighted by Gasteiger charge is 2.11. The number of nitrogen functional groups attached to an aromatic ring is 1. The van der Waals surface area contributed by atoms with Crippen LogP contribution >= 0.6 is 0 Å². The van der Waals surface area contributed by atoms with Gasteiger partial charge in [-0.25, -0.2) is 4.98 Å². The number of nitrogens with two attached hydrogens (primary N) is 1. The molecule has 4 heteroatoms. The van der Waals surface area contributed by atoms with E-state index in [2.05, 4.69) is 37.5 Å². The van der Waals surface area contributed by atoms with E-state index in [9.17, 15) is 0 Å². The molecule has 24 heavy (non-hydrogen) atoms. The van der Waals surface area contributed by atoms with E-state index in [-0.39, 0.29) is 0 Å². The molecule has 0 radical (unpaired) electrons. The SMILES string of the molecule is CCCc1nc2cc(C)c(C)cc2n1CCOc1cccc(N)c1. The van der Waals surface area contributed by atoms with Crippen LogP contribution in [0.5, 0.6) is 5.75 Å². The third-order valence-corrected chi connectivity index (χ3v) is 4.36. The second-order valence-corrected chi connectivity index (χ2v) is 6.28. The molecule has 0 saturated heterocycles. The maximum Gasteiger partial charge on any atom is 0.121 e. The average Bonchev–Trinajstić information content (AvgIpc) is 2.85. The molecular formula is C20H25N3O. The number of aromatic nitrogens is 2. The monoisotopic (exact) mass is 323 g/mol. The lowest BCUT2D eigenvalue weighted by Crippen LogP contribution is -2.11. The molecule has 0 atom stereocenters. The molecule has 3 rings (SSSR count). The molecule has 0 bridgehead atoms. The van der Waals surface area contributed by atoms with Crippen molar-refractivity contribution in [1.82, 2.24) is 9.55 Å². The number of rotatable bonds is 6. The molecule has 0 amide bonds. The van der Waals surface area contributed by atoms with E-state index in [0.717, 1.165) is 42.2 Å². The maximum absolute atomic E-state index is 5.87. The summed E-state index contributed by atoms with van der Waals surface area (Å²) in [5.74, 6) is 1.94. The first-order chi connectivity index (χ1) is 11.6. The number of hydrogen-bond donors (Lipinski definition) is 1. The van der Waals surface area contributed by atoms with Crippen molar-refractivity contribution in [3.63, 3.8) is 0 Å². The highest BCUT2D eigenvalue weighted by Crippen LogP contribution is 2.22. The predicted molar refractivity (Wildman–Crippen MR) is 99.6 cm³/mol. The summed E-state index contributed by atoms with van der Waals surface area (Å²) in [6.07, 6.45) is 2.06. The summed E-state index contributed by atoms with van der Waals surface area (Å²) in [4.78, 5) is 4.83. The zero-order valence-corrected chi connectivity index (χ0v) is 14.7. The number of imidazole rings is 1. The maximum atomic E-state index is 5.87. The number of hydrogen-bond acceptors (Lipinski definition) is 3. The first kappa shape index (κ1) is 16.4. The number of nitrogens with zero attached hydrogens (tertiary/aromatic N) is 2. The van der Waals surface area contributed by atoms with Crippen molar-refractivity contribution in [2.75, 3.05) is 12.3 Å². The van der Waals surface area contributed by atoms with Crippen molar-refractivity contribution < 1.29 is 4.74 Å². The first-order valence-electron chi connectivity index (χ1n) is 8.53. The number of aryl methyl sites for hydroxylation is 3. The fourth-order valence-corrected chi connectivity index (χ4v) is 2.95. The molecule has 0 aliphatic heterocycles. The fraction of sp³-hybridized carbons (Fsp3) is 0.350. The molecule has 3 aromatic rings. The Morgan fingerprint density at radius 2 is 1.92 bits per heavy atom. The number of benzene rings is 2. The molecule has 2 aromatic carbocycles. The van der Waals surface area contributed by atoms with Gasteiger partial charge in [0.2, 0.25) is 0 Å². The molecule has 0 spiro atoms. The Bertz CT molecular complexity index is 851. The van der Waals surface area contributed by atoms with E-state index in [0.29, 0.717) is 6.61 Å². The second-order valence-electron chi connectivity index (χ2n) is 6.28. The van der Waals surface area contributed by atoms with Crippen LogP contribution in [0.15, 0.2) is 36.4 Å². The van der Waals surface area contributed by atoms with E-state index in [1.54, 1.807) is 0 Å². The molecule has 0 unspecified atom stereocenters. The normalized spacial score (nSPS) is 11.1. The van der Waals surface area contributed by atoms with E-state index in [4.69, 9.17) is 15.5 Å². The molecule has 1 heterocycles. The summed E-state index contributed by atoms with van der Waals surface area (Å²) in [6, 6.07) is 12.0. The molecule has 0 fully saturated rings. The molecule has 0 aliphatic carbocycles. The standard InChI is InChI=1S/C20H25N3O/c1-4-6-20-22-18-11-14(2)15(3)12-19(18)23(20)9-10-24-17-8-5-7-16(21)13-17/h5,7-8,11-13H,4,6,9-10,21H2,1-3H3. The summed E-state index contributed by atoms with van der Waals surface area (Å²) in [6.45, 7) is 7.84. The Morgan fingerprint density at radius 1 is 1.12 bits per heavy atom. The zero-order valence-electron chi connectivity index (χ0n) is 14.7. The lowest BCUT2D eigenvalue weighted by atomic mass is 10.1. The Kier molecular flexibility index (Phi) is 4.74. The average molecular weight is 323 g/mol. The van der Waals surface area contributed by atoms with Crippen LogP contribution in [-0.4, -0.2) is 16.2 Å². The zero-order chi connectivity index (χ0) is 17.1. The van der Waals surface area contributed by atoms with Gasteiger partial charge in [-0.05, 0) is 55.7 Å². The van der Waals surface area contributed by atoms with E-state index >= 15 is 0 Å². The van der Waals surface area contributed by atoms with Crippen LogP contribution in [0.4, 0.5) is 5.69 Å². The molecule has 0 aliphatic rings. The summed E-state index contributed by atoms with van der Waals surface area (Å²) < 4.78 is 8.16. The summed E-state index contributed by atoms with van der Waals surface area (Å²) in [5, 5.41) is 0. The van der Waals surface area contributed by atoms with Crippen molar-refractivity contribution in [3.05, 3.63) is 53.3 Å². The van der Waals surface area contributed by atoms with Crippen LogP contribution in [0.3, 0.4) is 0 Å². The lowest BCUT2D eigenvalue weighted by Gasteiger charge is -2.11. The lowest BCUT2D eigenvalue weighted by molar-refractivity contribution is 0.298. The molecule has 2 N–H and O–H groups in total. The summed E-state index contributed by atoms with van der Waals surface area (Å²) >= 11 is 0. The molecule has 0 saturated carbocycles. The van der Waals surface area contributed by atoms with Gasteiger partial charge in [0.1, 0.15) is 18.2 Å².